The fourth-order valence-corrected chi connectivity index (χ4v) is 4.37. The monoisotopic (exact) mass is 283 g/mol. The highest BCUT2D eigenvalue weighted by Gasteiger charge is 2.45. The molecule has 1 heterocycles. The number of likely N-dealkylation sites (N-methyl/N-ethyl adjacent to an activating group) is 1. The standard InChI is InChI=1S/C17H33NO2/c1-5-20-17(8-10-19-11-9-17)16(18-4)15-7-6-13(2)14(3)12-15/h13-16,18H,5-12H2,1-4H3. The predicted molar refractivity (Wildman–Crippen MR) is 82.9 cm³/mol. The second-order valence-corrected chi connectivity index (χ2v) is 6.90. The number of rotatable bonds is 5. The average Bonchev–Trinajstić information content (AvgIpc) is 2.45. The van der Waals surface area contributed by atoms with E-state index in [2.05, 4.69) is 33.1 Å². The van der Waals surface area contributed by atoms with E-state index in [1.165, 1.54) is 19.3 Å². The highest BCUT2D eigenvalue weighted by Crippen LogP contribution is 2.41. The highest BCUT2D eigenvalue weighted by molar-refractivity contribution is 4.99. The summed E-state index contributed by atoms with van der Waals surface area (Å²) in [5.41, 5.74) is -0.00723. The quantitative estimate of drug-likeness (QED) is 0.840. The van der Waals surface area contributed by atoms with Crippen molar-refractivity contribution in [3.63, 3.8) is 0 Å². The molecule has 0 aromatic rings. The first kappa shape index (κ1) is 16.3. The van der Waals surface area contributed by atoms with Gasteiger partial charge < -0.3 is 14.8 Å². The Morgan fingerprint density at radius 2 is 1.90 bits per heavy atom. The van der Waals surface area contributed by atoms with Gasteiger partial charge in [0, 0.05) is 38.7 Å². The van der Waals surface area contributed by atoms with Crippen molar-refractivity contribution in [2.75, 3.05) is 26.9 Å². The van der Waals surface area contributed by atoms with E-state index in [4.69, 9.17) is 9.47 Å². The third-order valence-corrected chi connectivity index (χ3v) is 5.76. The molecule has 1 aliphatic heterocycles. The summed E-state index contributed by atoms with van der Waals surface area (Å²) in [6.07, 6.45) is 6.11. The lowest BCUT2D eigenvalue weighted by Gasteiger charge is -2.48. The lowest BCUT2D eigenvalue weighted by molar-refractivity contribution is -0.139. The Labute approximate surface area is 124 Å². The van der Waals surface area contributed by atoms with Gasteiger partial charge in [0.15, 0.2) is 0 Å². The zero-order chi connectivity index (χ0) is 14.6. The minimum absolute atomic E-state index is 0.00723. The van der Waals surface area contributed by atoms with Crippen LogP contribution >= 0.6 is 0 Å². The SMILES string of the molecule is CCOC1(C(NC)C2CCC(C)C(C)C2)CCOCC1. The van der Waals surface area contributed by atoms with Crippen molar-refractivity contribution >= 4 is 0 Å². The molecule has 2 rings (SSSR count). The summed E-state index contributed by atoms with van der Waals surface area (Å²) < 4.78 is 11.9. The van der Waals surface area contributed by atoms with Crippen LogP contribution in [0.2, 0.25) is 0 Å². The van der Waals surface area contributed by atoms with Crippen LogP contribution in [0.4, 0.5) is 0 Å². The zero-order valence-electron chi connectivity index (χ0n) is 13.8. The van der Waals surface area contributed by atoms with Crippen molar-refractivity contribution in [3.05, 3.63) is 0 Å². The first-order valence-corrected chi connectivity index (χ1v) is 8.52. The second kappa shape index (κ2) is 7.24. The molecule has 4 unspecified atom stereocenters. The van der Waals surface area contributed by atoms with Crippen molar-refractivity contribution < 1.29 is 9.47 Å². The van der Waals surface area contributed by atoms with Crippen LogP contribution in [0.25, 0.3) is 0 Å². The van der Waals surface area contributed by atoms with Crippen molar-refractivity contribution in [1.29, 1.82) is 0 Å². The van der Waals surface area contributed by atoms with Crippen LogP contribution in [0.15, 0.2) is 0 Å². The Kier molecular flexibility index (Phi) is 5.88. The molecule has 1 N–H and O–H groups in total. The van der Waals surface area contributed by atoms with Crippen LogP contribution in [-0.2, 0) is 9.47 Å². The first-order chi connectivity index (χ1) is 9.63. The van der Waals surface area contributed by atoms with Gasteiger partial charge in [-0.2, -0.15) is 0 Å². The summed E-state index contributed by atoms with van der Waals surface area (Å²) in [5.74, 6) is 2.46. The fraction of sp³-hybridized carbons (Fsp3) is 1.00. The molecule has 1 saturated carbocycles. The Morgan fingerprint density at radius 1 is 1.20 bits per heavy atom. The molecular formula is C17H33NO2. The predicted octanol–water partition coefficient (Wildman–Crippen LogP) is 3.23. The zero-order valence-corrected chi connectivity index (χ0v) is 13.8. The van der Waals surface area contributed by atoms with Gasteiger partial charge in [0.25, 0.3) is 0 Å². The van der Waals surface area contributed by atoms with Gasteiger partial charge in [-0.15, -0.1) is 0 Å². The maximum absolute atomic E-state index is 6.30. The lowest BCUT2D eigenvalue weighted by atomic mass is 9.68. The van der Waals surface area contributed by atoms with Crippen LogP contribution in [-0.4, -0.2) is 38.5 Å². The smallest absolute Gasteiger partial charge is 0.0880 e. The van der Waals surface area contributed by atoms with Crippen LogP contribution in [0.3, 0.4) is 0 Å². The third kappa shape index (κ3) is 3.37. The summed E-state index contributed by atoms with van der Waals surface area (Å²) >= 11 is 0. The fourth-order valence-electron chi connectivity index (χ4n) is 4.37. The van der Waals surface area contributed by atoms with Gasteiger partial charge in [0.2, 0.25) is 0 Å². The van der Waals surface area contributed by atoms with Crippen LogP contribution < -0.4 is 5.32 Å². The topological polar surface area (TPSA) is 30.5 Å². The molecule has 1 saturated heterocycles. The highest BCUT2D eigenvalue weighted by atomic mass is 16.5. The summed E-state index contributed by atoms with van der Waals surface area (Å²) in [5, 5.41) is 3.62. The molecule has 1 aliphatic carbocycles. The molecule has 0 aromatic carbocycles. The number of hydrogen-bond donors (Lipinski definition) is 1. The van der Waals surface area contributed by atoms with E-state index in [0.717, 1.165) is 50.4 Å². The van der Waals surface area contributed by atoms with E-state index >= 15 is 0 Å². The number of ether oxygens (including phenoxy) is 2. The minimum Gasteiger partial charge on any atom is -0.381 e. The third-order valence-electron chi connectivity index (χ3n) is 5.76. The molecule has 0 radical (unpaired) electrons. The van der Waals surface area contributed by atoms with Gasteiger partial charge in [0.05, 0.1) is 5.60 Å². The first-order valence-electron chi connectivity index (χ1n) is 8.52. The Hall–Kier alpha value is -0.120. The summed E-state index contributed by atoms with van der Waals surface area (Å²) in [6, 6.07) is 0.473. The summed E-state index contributed by atoms with van der Waals surface area (Å²) in [7, 11) is 2.11. The molecule has 2 fully saturated rings. The maximum atomic E-state index is 6.30. The van der Waals surface area contributed by atoms with Crippen LogP contribution in [0.1, 0.15) is 52.9 Å². The normalized spacial score (nSPS) is 35.7. The van der Waals surface area contributed by atoms with E-state index < -0.39 is 0 Å². The largest absolute Gasteiger partial charge is 0.381 e. The Balaban J connectivity index is 2.11. The molecule has 0 aromatic heterocycles. The van der Waals surface area contributed by atoms with Crippen LogP contribution in [0.5, 0.6) is 0 Å². The molecule has 3 heteroatoms. The van der Waals surface area contributed by atoms with Crippen molar-refractivity contribution in [2.24, 2.45) is 17.8 Å². The number of nitrogens with one attached hydrogen (secondary N) is 1. The lowest BCUT2D eigenvalue weighted by Crippen LogP contribution is -2.58. The minimum atomic E-state index is -0.00723. The van der Waals surface area contributed by atoms with E-state index in [1.807, 2.05) is 0 Å². The van der Waals surface area contributed by atoms with Crippen molar-refractivity contribution in [1.82, 2.24) is 5.32 Å². The van der Waals surface area contributed by atoms with Gasteiger partial charge in [-0.25, -0.2) is 0 Å². The molecule has 4 atom stereocenters. The molecule has 2 aliphatic rings. The van der Waals surface area contributed by atoms with Gasteiger partial charge in [0.1, 0.15) is 0 Å². The van der Waals surface area contributed by atoms with Gasteiger partial charge in [-0.3, -0.25) is 0 Å². The summed E-state index contributed by atoms with van der Waals surface area (Å²) in [4.78, 5) is 0. The molecule has 118 valence electrons. The van der Waals surface area contributed by atoms with E-state index in [1.54, 1.807) is 0 Å². The Bertz CT molecular complexity index is 283. The number of hydrogen-bond acceptors (Lipinski definition) is 3. The van der Waals surface area contributed by atoms with Gasteiger partial charge in [-0.1, -0.05) is 20.3 Å². The molecule has 20 heavy (non-hydrogen) atoms. The summed E-state index contributed by atoms with van der Waals surface area (Å²) in [6.45, 7) is 9.43. The van der Waals surface area contributed by atoms with E-state index in [0.29, 0.717) is 6.04 Å². The maximum Gasteiger partial charge on any atom is 0.0880 e. The van der Waals surface area contributed by atoms with Gasteiger partial charge >= 0.3 is 0 Å². The van der Waals surface area contributed by atoms with Crippen molar-refractivity contribution in [2.45, 2.75) is 64.5 Å². The second-order valence-electron chi connectivity index (χ2n) is 6.90. The molecule has 0 spiro atoms. The van der Waals surface area contributed by atoms with E-state index in [9.17, 15) is 0 Å². The molecule has 3 nitrogen and oxygen atoms in total. The van der Waals surface area contributed by atoms with E-state index in [-0.39, 0.29) is 5.60 Å². The molecular weight excluding hydrogens is 250 g/mol. The van der Waals surface area contributed by atoms with Crippen molar-refractivity contribution in [3.8, 4) is 0 Å². The molecule has 0 bridgehead atoms. The molecule has 0 amide bonds. The van der Waals surface area contributed by atoms with Gasteiger partial charge in [-0.05, 0) is 44.6 Å². The van der Waals surface area contributed by atoms with Crippen LogP contribution in [0, 0.1) is 17.8 Å². The average molecular weight is 283 g/mol. The Morgan fingerprint density at radius 3 is 2.45 bits per heavy atom.